The van der Waals surface area contributed by atoms with E-state index >= 15 is 0 Å². The largest absolute Gasteiger partial charge is 0.350 e. The number of carbonyl (C=O) groups is 1. The van der Waals surface area contributed by atoms with Gasteiger partial charge in [-0.15, -0.1) is 0 Å². The minimum atomic E-state index is 0.0837. The van der Waals surface area contributed by atoms with Crippen molar-refractivity contribution in [2.45, 2.75) is 25.9 Å². The van der Waals surface area contributed by atoms with Gasteiger partial charge in [0.15, 0.2) is 0 Å². The number of amides is 1. The number of piperidine rings is 1. The number of H-pyrrole nitrogens is 1. The summed E-state index contributed by atoms with van der Waals surface area (Å²) in [6, 6.07) is 12.3. The summed E-state index contributed by atoms with van der Waals surface area (Å²) in [5.41, 5.74) is 2.24. The van der Waals surface area contributed by atoms with E-state index in [2.05, 4.69) is 44.7 Å². The third-order valence-electron chi connectivity index (χ3n) is 4.14. The van der Waals surface area contributed by atoms with E-state index in [1.807, 2.05) is 12.1 Å². The van der Waals surface area contributed by atoms with Crippen molar-refractivity contribution in [3.8, 4) is 0 Å². The average Bonchev–Trinajstić information content (AvgIpc) is 3.07. The predicted molar refractivity (Wildman–Crippen MR) is 84.9 cm³/mol. The number of carbonyl (C=O) groups excluding carboxylic acids is 1. The molecule has 5 heteroatoms. The molecular formula is C17H22N4O. The fraction of sp³-hybridized carbons (Fsp3) is 0.412. The van der Waals surface area contributed by atoms with Crippen LogP contribution in [-0.4, -0.2) is 34.1 Å². The number of aromatic nitrogens is 2. The molecule has 2 N–H and O–H groups in total. The summed E-state index contributed by atoms with van der Waals surface area (Å²) in [6.07, 6.45) is 3.75. The zero-order chi connectivity index (χ0) is 15.2. The lowest BCUT2D eigenvalue weighted by atomic mass is 9.96. The molecule has 2 aromatic rings. The number of hydrogen-bond acceptors (Lipinski definition) is 3. The lowest BCUT2D eigenvalue weighted by molar-refractivity contribution is -0.127. The normalized spacial score (nSPS) is 19.0. The topological polar surface area (TPSA) is 61.0 Å². The molecule has 0 aliphatic carbocycles. The van der Waals surface area contributed by atoms with Crippen LogP contribution in [0, 0.1) is 5.92 Å². The Morgan fingerprint density at radius 3 is 2.95 bits per heavy atom. The zero-order valence-electron chi connectivity index (χ0n) is 12.7. The van der Waals surface area contributed by atoms with Gasteiger partial charge < -0.3 is 5.32 Å². The molecule has 1 aromatic heterocycles. The number of likely N-dealkylation sites (tertiary alicyclic amines) is 1. The molecule has 1 atom stereocenters. The van der Waals surface area contributed by atoms with Crippen molar-refractivity contribution in [1.29, 1.82) is 0 Å². The van der Waals surface area contributed by atoms with Crippen LogP contribution in [-0.2, 0) is 17.9 Å². The maximum Gasteiger partial charge on any atom is 0.224 e. The van der Waals surface area contributed by atoms with Crippen LogP contribution in [0.4, 0.5) is 0 Å². The molecule has 3 rings (SSSR count). The van der Waals surface area contributed by atoms with Crippen LogP contribution in [0.5, 0.6) is 0 Å². The maximum absolute atomic E-state index is 12.3. The maximum atomic E-state index is 12.3. The van der Waals surface area contributed by atoms with Gasteiger partial charge in [-0.25, -0.2) is 0 Å². The standard InChI is InChI=1S/C17H22N4O/c22-17(18-11-16-8-9-19-20-16)15-7-4-10-21(13-15)12-14-5-2-1-3-6-14/h1-3,5-6,8-9,15H,4,7,10-13H2,(H,18,22)(H,19,20)/t15-/m0/s1. The predicted octanol–water partition coefficient (Wildman–Crippen LogP) is 1.94. The van der Waals surface area contributed by atoms with E-state index in [9.17, 15) is 4.79 Å². The molecule has 1 fully saturated rings. The van der Waals surface area contributed by atoms with Gasteiger partial charge in [-0.3, -0.25) is 14.8 Å². The summed E-state index contributed by atoms with van der Waals surface area (Å²) in [5, 5.41) is 9.75. The van der Waals surface area contributed by atoms with Crippen molar-refractivity contribution < 1.29 is 4.79 Å². The van der Waals surface area contributed by atoms with Crippen LogP contribution in [0.3, 0.4) is 0 Å². The minimum absolute atomic E-state index is 0.0837. The molecule has 116 valence electrons. The van der Waals surface area contributed by atoms with Crippen LogP contribution in [0.15, 0.2) is 42.6 Å². The summed E-state index contributed by atoms with van der Waals surface area (Å²) in [7, 11) is 0. The van der Waals surface area contributed by atoms with E-state index in [1.165, 1.54) is 5.56 Å². The molecule has 1 aromatic carbocycles. The Labute approximate surface area is 130 Å². The highest BCUT2D eigenvalue weighted by Gasteiger charge is 2.25. The number of rotatable bonds is 5. The Morgan fingerprint density at radius 2 is 2.18 bits per heavy atom. The molecule has 0 bridgehead atoms. The second kappa shape index (κ2) is 7.22. The Kier molecular flexibility index (Phi) is 4.85. The zero-order valence-corrected chi connectivity index (χ0v) is 12.7. The van der Waals surface area contributed by atoms with Gasteiger partial charge in [0.05, 0.1) is 18.2 Å². The molecule has 1 saturated heterocycles. The minimum Gasteiger partial charge on any atom is -0.350 e. The molecule has 2 heterocycles. The fourth-order valence-electron chi connectivity index (χ4n) is 2.96. The van der Waals surface area contributed by atoms with Crippen molar-refractivity contribution >= 4 is 5.91 Å². The number of hydrogen-bond donors (Lipinski definition) is 2. The van der Waals surface area contributed by atoms with E-state index in [4.69, 9.17) is 0 Å². The van der Waals surface area contributed by atoms with Crippen LogP contribution in [0.2, 0.25) is 0 Å². The fourth-order valence-corrected chi connectivity index (χ4v) is 2.96. The Hall–Kier alpha value is -2.14. The molecule has 1 aliphatic rings. The molecule has 0 radical (unpaired) electrons. The summed E-state index contributed by atoms with van der Waals surface area (Å²) in [5.74, 6) is 0.229. The summed E-state index contributed by atoms with van der Waals surface area (Å²) in [6.45, 7) is 3.35. The Morgan fingerprint density at radius 1 is 1.32 bits per heavy atom. The summed E-state index contributed by atoms with van der Waals surface area (Å²) >= 11 is 0. The molecular weight excluding hydrogens is 276 g/mol. The summed E-state index contributed by atoms with van der Waals surface area (Å²) in [4.78, 5) is 14.7. The first-order valence-corrected chi connectivity index (χ1v) is 7.83. The Balaban J connectivity index is 1.50. The first-order valence-electron chi connectivity index (χ1n) is 7.83. The van der Waals surface area contributed by atoms with Crippen molar-refractivity contribution in [2.75, 3.05) is 13.1 Å². The average molecular weight is 298 g/mol. The highest BCUT2D eigenvalue weighted by molar-refractivity contribution is 5.78. The van der Waals surface area contributed by atoms with E-state index in [0.717, 1.165) is 38.2 Å². The quantitative estimate of drug-likeness (QED) is 0.887. The number of nitrogens with one attached hydrogen (secondary N) is 2. The van der Waals surface area contributed by atoms with Crippen molar-refractivity contribution in [2.24, 2.45) is 5.92 Å². The second-order valence-electron chi connectivity index (χ2n) is 5.86. The number of aromatic amines is 1. The first kappa shape index (κ1) is 14.8. The monoisotopic (exact) mass is 298 g/mol. The van der Waals surface area contributed by atoms with Gasteiger partial charge in [-0.05, 0) is 31.0 Å². The lowest BCUT2D eigenvalue weighted by Gasteiger charge is -2.32. The second-order valence-corrected chi connectivity index (χ2v) is 5.86. The van der Waals surface area contributed by atoms with Crippen LogP contribution in [0.1, 0.15) is 24.1 Å². The van der Waals surface area contributed by atoms with Crippen LogP contribution < -0.4 is 5.32 Å². The first-order chi connectivity index (χ1) is 10.8. The highest BCUT2D eigenvalue weighted by Crippen LogP contribution is 2.18. The molecule has 0 saturated carbocycles. The van der Waals surface area contributed by atoms with E-state index in [1.54, 1.807) is 6.20 Å². The third-order valence-corrected chi connectivity index (χ3v) is 4.14. The van der Waals surface area contributed by atoms with Gasteiger partial charge in [0.25, 0.3) is 0 Å². The van der Waals surface area contributed by atoms with Gasteiger partial charge in [-0.2, -0.15) is 5.10 Å². The van der Waals surface area contributed by atoms with Gasteiger partial charge in [-0.1, -0.05) is 30.3 Å². The van der Waals surface area contributed by atoms with Crippen LogP contribution in [0.25, 0.3) is 0 Å². The molecule has 1 amide bonds. The van der Waals surface area contributed by atoms with E-state index in [0.29, 0.717) is 6.54 Å². The summed E-state index contributed by atoms with van der Waals surface area (Å²) < 4.78 is 0. The molecule has 22 heavy (non-hydrogen) atoms. The van der Waals surface area contributed by atoms with E-state index < -0.39 is 0 Å². The van der Waals surface area contributed by atoms with Crippen LogP contribution >= 0.6 is 0 Å². The van der Waals surface area contributed by atoms with Gasteiger partial charge >= 0.3 is 0 Å². The molecule has 1 aliphatic heterocycles. The lowest BCUT2D eigenvalue weighted by Crippen LogP contribution is -2.42. The van der Waals surface area contributed by atoms with Gasteiger partial charge in [0, 0.05) is 19.3 Å². The smallest absolute Gasteiger partial charge is 0.224 e. The Bertz CT molecular complexity index is 582. The SMILES string of the molecule is O=C(NCc1ccn[nH]1)[C@H]1CCCN(Cc2ccccc2)C1. The third kappa shape index (κ3) is 3.95. The van der Waals surface area contributed by atoms with E-state index in [-0.39, 0.29) is 11.8 Å². The number of benzene rings is 1. The number of nitrogens with zero attached hydrogens (tertiary/aromatic N) is 2. The molecule has 0 unspecified atom stereocenters. The van der Waals surface area contributed by atoms with Crippen molar-refractivity contribution in [1.82, 2.24) is 20.4 Å². The van der Waals surface area contributed by atoms with Crippen molar-refractivity contribution in [3.63, 3.8) is 0 Å². The van der Waals surface area contributed by atoms with Gasteiger partial charge in [0.1, 0.15) is 0 Å². The highest BCUT2D eigenvalue weighted by atomic mass is 16.1. The molecule has 0 spiro atoms. The molecule has 5 nitrogen and oxygen atoms in total. The van der Waals surface area contributed by atoms with Crippen molar-refractivity contribution in [3.05, 3.63) is 53.9 Å². The van der Waals surface area contributed by atoms with Gasteiger partial charge in [0.2, 0.25) is 5.91 Å².